The van der Waals surface area contributed by atoms with Gasteiger partial charge in [-0.25, -0.2) is 0 Å². The summed E-state index contributed by atoms with van der Waals surface area (Å²) in [5.41, 5.74) is 2.00. The molecule has 1 unspecified atom stereocenters. The van der Waals surface area contributed by atoms with Crippen LogP contribution < -0.4 is 0 Å². The van der Waals surface area contributed by atoms with E-state index >= 15 is 0 Å². The number of benzene rings is 2. The summed E-state index contributed by atoms with van der Waals surface area (Å²) < 4.78 is 39.8. The number of aryl methyl sites for hydroxylation is 1. The molecule has 0 aliphatic carbocycles. The second kappa shape index (κ2) is 8.72. The van der Waals surface area contributed by atoms with Crippen molar-refractivity contribution < 1.29 is 13.2 Å². The minimum Gasteiger partial charge on any atom is -0.293 e. The topological polar surface area (TPSA) is 3.24 Å². The summed E-state index contributed by atoms with van der Waals surface area (Å²) in [6.45, 7) is 5.94. The summed E-state index contributed by atoms with van der Waals surface area (Å²) in [4.78, 5) is 2.19. The van der Waals surface area contributed by atoms with Crippen molar-refractivity contribution in [3.05, 3.63) is 70.8 Å². The van der Waals surface area contributed by atoms with Crippen molar-refractivity contribution >= 4 is 0 Å². The van der Waals surface area contributed by atoms with E-state index in [-0.39, 0.29) is 12.1 Å². The smallest absolute Gasteiger partial charge is 0.293 e. The van der Waals surface area contributed by atoms with E-state index in [4.69, 9.17) is 0 Å². The van der Waals surface area contributed by atoms with Crippen LogP contribution in [0.2, 0.25) is 0 Å². The highest BCUT2D eigenvalue weighted by Gasteiger charge is 2.32. The lowest BCUT2D eigenvalue weighted by Crippen LogP contribution is -2.28. The van der Waals surface area contributed by atoms with Crippen LogP contribution in [0.1, 0.15) is 67.4 Å². The van der Waals surface area contributed by atoms with Crippen LogP contribution in [0, 0.1) is 6.92 Å². The van der Waals surface area contributed by atoms with E-state index in [0.29, 0.717) is 5.56 Å². The third-order valence-electron chi connectivity index (χ3n) is 5.03. The first-order chi connectivity index (χ1) is 12.2. The fourth-order valence-corrected chi connectivity index (χ4v) is 3.41. The third kappa shape index (κ3) is 5.10. The molecule has 26 heavy (non-hydrogen) atoms. The molecular weight excluding hydrogens is 335 g/mol. The number of unbranched alkanes of at least 4 members (excludes halogenated alkanes) is 1. The molecule has 0 spiro atoms. The standard InChI is InChI=1S/C22H28F3N/c1-5-6-12-21(26(4)17(3)18-10-8-7-9-11-18)19-13-16(2)14-20(15-19)22(23,24)25/h7-11,13-15,17,21H,5-6,12H2,1-4H3/t17-,21?/m1/s1. The third-order valence-corrected chi connectivity index (χ3v) is 5.03. The highest BCUT2D eigenvalue weighted by molar-refractivity contribution is 5.33. The predicted octanol–water partition coefficient (Wildman–Crippen LogP) is 6.94. The van der Waals surface area contributed by atoms with Crippen molar-refractivity contribution in [3.8, 4) is 0 Å². The summed E-state index contributed by atoms with van der Waals surface area (Å²) in [6, 6.07) is 14.6. The Labute approximate surface area is 154 Å². The minimum atomic E-state index is -4.32. The number of alkyl halides is 3. The van der Waals surface area contributed by atoms with Gasteiger partial charge >= 0.3 is 6.18 Å². The lowest BCUT2D eigenvalue weighted by Gasteiger charge is -2.34. The maximum absolute atomic E-state index is 13.3. The molecule has 0 aromatic heterocycles. The summed E-state index contributed by atoms with van der Waals surface area (Å²) in [6.07, 6.45) is -1.49. The van der Waals surface area contributed by atoms with Crippen LogP contribution >= 0.6 is 0 Å². The lowest BCUT2D eigenvalue weighted by molar-refractivity contribution is -0.137. The van der Waals surface area contributed by atoms with Crippen molar-refractivity contribution in [2.45, 2.75) is 58.3 Å². The van der Waals surface area contributed by atoms with Crippen LogP contribution in [0.25, 0.3) is 0 Å². The normalized spacial score (nSPS) is 14.5. The van der Waals surface area contributed by atoms with Gasteiger partial charge in [0.2, 0.25) is 0 Å². The summed E-state index contributed by atoms with van der Waals surface area (Å²) in [5.74, 6) is 0. The Kier molecular flexibility index (Phi) is 6.87. The second-order valence-electron chi connectivity index (χ2n) is 7.04. The molecule has 0 amide bonds. The molecule has 2 rings (SSSR count). The zero-order chi connectivity index (χ0) is 19.3. The van der Waals surface area contributed by atoms with E-state index < -0.39 is 11.7 Å². The van der Waals surface area contributed by atoms with Crippen molar-refractivity contribution in [3.63, 3.8) is 0 Å². The molecule has 2 aromatic rings. The van der Waals surface area contributed by atoms with Crippen LogP contribution in [0.15, 0.2) is 48.5 Å². The van der Waals surface area contributed by atoms with Crippen molar-refractivity contribution in [2.24, 2.45) is 0 Å². The van der Waals surface area contributed by atoms with E-state index in [1.54, 1.807) is 6.92 Å². The van der Waals surface area contributed by atoms with Gasteiger partial charge in [0.1, 0.15) is 0 Å². The van der Waals surface area contributed by atoms with Crippen LogP contribution in [-0.4, -0.2) is 11.9 Å². The molecule has 0 heterocycles. The van der Waals surface area contributed by atoms with E-state index in [9.17, 15) is 13.2 Å². The van der Waals surface area contributed by atoms with E-state index in [2.05, 4.69) is 30.9 Å². The maximum Gasteiger partial charge on any atom is 0.416 e. The molecule has 0 bridgehead atoms. The van der Waals surface area contributed by atoms with Crippen molar-refractivity contribution in [1.29, 1.82) is 0 Å². The number of halogens is 3. The largest absolute Gasteiger partial charge is 0.416 e. The van der Waals surface area contributed by atoms with Crippen LogP contribution in [0.4, 0.5) is 13.2 Å². The van der Waals surface area contributed by atoms with E-state index in [0.717, 1.165) is 24.8 Å². The Morgan fingerprint density at radius 3 is 2.23 bits per heavy atom. The van der Waals surface area contributed by atoms with Gasteiger partial charge in [-0.1, -0.05) is 61.7 Å². The highest BCUT2D eigenvalue weighted by Crippen LogP contribution is 2.36. The van der Waals surface area contributed by atoms with Gasteiger partial charge in [0.25, 0.3) is 0 Å². The molecule has 0 fully saturated rings. The van der Waals surface area contributed by atoms with E-state index in [1.165, 1.54) is 17.7 Å². The molecule has 2 atom stereocenters. The van der Waals surface area contributed by atoms with Crippen LogP contribution in [0.5, 0.6) is 0 Å². The number of nitrogens with zero attached hydrogens (tertiary/aromatic N) is 1. The first-order valence-corrected chi connectivity index (χ1v) is 9.19. The number of hydrogen-bond acceptors (Lipinski definition) is 1. The highest BCUT2D eigenvalue weighted by atomic mass is 19.4. The molecule has 2 aromatic carbocycles. The fraction of sp³-hybridized carbons (Fsp3) is 0.455. The zero-order valence-electron chi connectivity index (χ0n) is 16.0. The molecule has 0 aliphatic rings. The summed E-state index contributed by atoms with van der Waals surface area (Å²) in [7, 11) is 2.01. The van der Waals surface area contributed by atoms with Crippen molar-refractivity contribution in [1.82, 2.24) is 4.90 Å². The van der Waals surface area contributed by atoms with Gasteiger partial charge in [-0.05, 0) is 50.6 Å². The van der Waals surface area contributed by atoms with Gasteiger partial charge in [0.15, 0.2) is 0 Å². The van der Waals surface area contributed by atoms with Crippen LogP contribution in [0.3, 0.4) is 0 Å². The quantitative estimate of drug-likeness (QED) is 0.515. The average molecular weight is 363 g/mol. The minimum absolute atomic E-state index is 0.0499. The molecule has 0 aliphatic heterocycles. The average Bonchev–Trinajstić information content (AvgIpc) is 2.60. The fourth-order valence-electron chi connectivity index (χ4n) is 3.41. The van der Waals surface area contributed by atoms with Gasteiger partial charge in [-0.3, -0.25) is 4.90 Å². The molecule has 1 nitrogen and oxygen atoms in total. The molecule has 0 saturated carbocycles. The first-order valence-electron chi connectivity index (χ1n) is 9.19. The van der Waals surface area contributed by atoms with Gasteiger partial charge in [-0.15, -0.1) is 0 Å². The number of rotatable bonds is 7. The Bertz CT molecular complexity index is 694. The second-order valence-corrected chi connectivity index (χ2v) is 7.04. The van der Waals surface area contributed by atoms with Gasteiger partial charge in [0, 0.05) is 12.1 Å². The van der Waals surface area contributed by atoms with Crippen molar-refractivity contribution in [2.75, 3.05) is 7.05 Å². The lowest BCUT2D eigenvalue weighted by atomic mass is 9.94. The predicted molar refractivity (Wildman–Crippen MR) is 101 cm³/mol. The summed E-state index contributed by atoms with van der Waals surface area (Å²) in [5, 5.41) is 0. The maximum atomic E-state index is 13.3. The molecule has 4 heteroatoms. The first kappa shape index (κ1) is 20.5. The van der Waals surface area contributed by atoms with E-state index in [1.807, 2.05) is 31.3 Å². The Morgan fingerprint density at radius 2 is 1.65 bits per heavy atom. The van der Waals surface area contributed by atoms with Gasteiger partial charge in [0.05, 0.1) is 5.56 Å². The summed E-state index contributed by atoms with van der Waals surface area (Å²) >= 11 is 0. The zero-order valence-corrected chi connectivity index (χ0v) is 16.0. The monoisotopic (exact) mass is 363 g/mol. The molecular formula is C22H28F3N. The van der Waals surface area contributed by atoms with Gasteiger partial charge in [-0.2, -0.15) is 13.2 Å². The van der Waals surface area contributed by atoms with Gasteiger partial charge < -0.3 is 0 Å². The molecule has 0 saturated heterocycles. The Morgan fingerprint density at radius 1 is 1.00 bits per heavy atom. The van der Waals surface area contributed by atoms with Crippen LogP contribution in [-0.2, 0) is 6.18 Å². The molecule has 0 radical (unpaired) electrons. The SMILES string of the molecule is CCCCC(c1cc(C)cc(C(F)(F)F)c1)N(C)[C@H](C)c1ccccc1. The Hall–Kier alpha value is -1.81. The molecule has 0 N–H and O–H groups in total. The Balaban J connectivity index is 2.39. The molecule has 142 valence electrons. The number of hydrogen-bond donors (Lipinski definition) is 0.